The summed E-state index contributed by atoms with van der Waals surface area (Å²) in [6, 6.07) is 6.11. The SMILES string of the molecule is CC.Cc1c(C(C)C)c(C#N)cn1Cc1cccnc1N. The molecular weight excluding hydrogens is 260 g/mol. The lowest BCUT2D eigenvalue weighted by Gasteiger charge is -2.10. The molecule has 21 heavy (non-hydrogen) atoms. The third-order valence-corrected chi connectivity index (χ3v) is 3.36. The smallest absolute Gasteiger partial charge is 0.128 e. The first-order chi connectivity index (χ1) is 10.0. The Hall–Kier alpha value is -2.28. The molecule has 2 rings (SSSR count). The summed E-state index contributed by atoms with van der Waals surface area (Å²) >= 11 is 0. The van der Waals surface area contributed by atoms with Gasteiger partial charge < -0.3 is 10.3 Å². The summed E-state index contributed by atoms with van der Waals surface area (Å²) < 4.78 is 2.07. The van der Waals surface area contributed by atoms with E-state index in [1.165, 1.54) is 0 Å². The van der Waals surface area contributed by atoms with Gasteiger partial charge in [-0.1, -0.05) is 33.8 Å². The second kappa shape index (κ2) is 7.49. The molecule has 4 nitrogen and oxygen atoms in total. The van der Waals surface area contributed by atoms with Crippen molar-refractivity contribution < 1.29 is 0 Å². The average molecular weight is 284 g/mol. The van der Waals surface area contributed by atoms with Crippen LogP contribution >= 0.6 is 0 Å². The molecule has 2 heterocycles. The van der Waals surface area contributed by atoms with Gasteiger partial charge in [0.25, 0.3) is 0 Å². The van der Waals surface area contributed by atoms with E-state index in [4.69, 9.17) is 5.73 Å². The maximum atomic E-state index is 9.23. The van der Waals surface area contributed by atoms with Crippen molar-refractivity contribution in [3.05, 3.63) is 46.9 Å². The van der Waals surface area contributed by atoms with E-state index in [1.807, 2.05) is 39.1 Å². The zero-order valence-electron chi connectivity index (χ0n) is 13.5. The molecular formula is C17H24N4. The highest BCUT2D eigenvalue weighted by Gasteiger charge is 2.15. The zero-order valence-corrected chi connectivity index (χ0v) is 13.5. The van der Waals surface area contributed by atoms with Gasteiger partial charge in [0.1, 0.15) is 11.9 Å². The van der Waals surface area contributed by atoms with Crippen LogP contribution in [0, 0.1) is 18.3 Å². The number of hydrogen-bond donors (Lipinski definition) is 1. The number of rotatable bonds is 3. The van der Waals surface area contributed by atoms with Crippen molar-refractivity contribution in [3.63, 3.8) is 0 Å². The Labute approximate surface area is 127 Å². The number of nitriles is 1. The van der Waals surface area contributed by atoms with Crippen LogP contribution in [0.15, 0.2) is 24.5 Å². The van der Waals surface area contributed by atoms with Gasteiger partial charge in [0.05, 0.1) is 12.1 Å². The van der Waals surface area contributed by atoms with Crippen molar-refractivity contribution in [1.29, 1.82) is 5.26 Å². The van der Waals surface area contributed by atoms with Gasteiger partial charge in [-0.05, 0) is 24.5 Å². The Morgan fingerprint density at radius 1 is 1.38 bits per heavy atom. The molecule has 112 valence electrons. The first-order valence-corrected chi connectivity index (χ1v) is 7.33. The predicted molar refractivity (Wildman–Crippen MR) is 87.1 cm³/mol. The Morgan fingerprint density at radius 2 is 2.05 bits per heavy atom. The van der Waals surface area contributed by atoms with Crippen molar-refractivity contribution in [1.82, 2.24) is 9.55 Å². The molecule has 0 saturated carbocycles. The Bertz CT molecular complexity index is 633. The lowest BCUT2D eigenvalue weighted by molar-refractivity contribution is 0.755. The molecule has 0 radical (unpaired) electrons. The summed E-state index contributed by atoms with van der Waals surface area (Å²) in [6.07, 6.45) is 3.58. The normalized spacial score (nSPS) is 9.95. The summed E-state index contributed by atoms with van der Waals surface area (Å²) in [6.45, 7) is 10.9. The molecule has 2 aromatic heterocycles. The molecule has 0 fully saturated rings. The summed E-state index contributed by atoms with van der Waals surface area (Å²) in [5.74, 6) is 0.877. The van der Waals surface area contributed by atoms with Crippen molar-refractivity contribution in [2.45, 2.75) is 47.1 Å². The van der Waals surface area contributed by atoms with Crippen LogP contribution in [0.1, 0.15) is 56.0 Å². The quantitative estimate of drug-likeness (QED) is 0.931. The van der Waals surface area contributed by atoms with Crippen molar-refractivity contribution in [3.8, 4) is 6.07 Å². The van der Waals surface area contributed by atoms with Crippen LogP contribution in [0.4, 0.5) is 5.82 Å². The maximum Gasteiger partial charge on any atom is 0.128 e. The van der Waals surface area contributed by atoms with E-state index in [-0.39, 0.29) is 0 Å². The van der Waals surface area contributed by atoms with E-state index in [2.05, 4.69) is 29.5 Å². The number of nitrogens with two attached hydrogens (primary N) is 1. The highest BCUT2D eigenvalue weighted by Crippen LogP contribution is 2.26. The van der Waals surface area contributed by atoms with Gasteiger partial charge in [-0.25, -0.2) is 4.98 Å². The Kier molecular flexibility index (Phi) is 5.98. The fraction of sp³-hybridized carbons (Fsp3) is 0.412. The van der Waals surface area contributed by atoms with Crippen LogP contribution in [0.5, 0.6) is 0 Å². The van der Waals surface area contributed by atoms with E-state index >= 15 is 0 Å². The Balaban J connectivity index is 0.00000106. The van der Waals surface area contributed by atoms with Crippen LogP contribution in [0.3, 0.4) is 0 Å². The highest BCUT2D eigenvalue weighted by atomic mass is 15.0. The van der Waals surface area contributed by atoms with Gasteiger partial charge in [-0.3, -0.25) is 0 Å². The van der Waals surface area contributed by atoms with E-state index in [0.717, 1.165) is 22.4 Å². The van der Waals surface area contributed by atoms with Gasteiger partial charge >= 0.3 is 0 Å². The largest absolute Gasteiger partial charge is 0.383 e. The predicted octanol–water partition coefficient (Wildman–Crippen LogP) is 3.84. The van der Waals surface area contributed by atoms with Crippen molar-refractivity contribution in [2.75, 3.05) is 5.73 Å². The van der Waals surface area contributed by atoms with E-state index in [9.17, 15) is 5.26 Å². The second-order valence-corrected chi connectivity index (χ2v) is 4.98. The van der Waals surface area contributed by atoms with Crippen LogP contribution in [-0.2, 0) is 6.54 Å². The molecule has 0 aromatic carbocycles. The number of anilines is 1. The van der Waals surface area contributed by atoms with E-state index in [0.29, 0.717) is 18.3 Å². The summed E-state index contributed by atoms with van der Waals surface area (Å²) in [5.41, 5.74) is 9.82. The Morgan fingerprint density at radius 3 is 2.52 bits per heavy atom. The molecule has 2 N–H and O–H groups in total. The highest BCUT2D eigenvalue weighted by molar-refractivity contribution is 5.44. The summed E-state index contributed by atoms with van der Waals surface area (Å²) in [7, 11) is 0. The molecule has 0 unspecified atom stereocenters. The van der Waals surface area contributed by atoms with E-state index in [1.54, 1.807) is 6.20 Å². The topological polar surface area (TPSA) is 67.6 Å². The molecule has 0 aliphatic carbocycles. The first kappa shape index (κ1) is 16.8. The third kappa shape index (κ3) is 3.63. The summed E-state index contributed by atoms with van der Waals surface area (Å²) in [4.78, 5) is 4.09. The third-order valence-electron chi connectivity index (χ3n) is 3.36. The van der Waals surface area contributed by atoms with Crippen LogP contribution < -0.4 is 5.73 Å². The van der Waals surface area contributed by atoms with Crippen LogP contribution in [0.25, 0.3) is 0 Å². The molecule has 0 bridgehead atoms. The standard InChI is InChI=1S/C15H18N4.C2H6/c1-10(2)14-11(3)19(9-13(14)7-16)8-12-5-4-6-18-15(12)17;1-2/h4-6,9-10H,8H2,1-3H3,(H2,17,18);1-2H3. The number of nitrogen functional groups attached to an aromatic ring is 1. The van der Waals surface area contributed by atoms with Gasteiger partial charge in [0, 0.05) is 23.7 Å². The van der Waals surface area contributed by atoms with Crippen LogP contribution in [0.2, 0.25) is 0 Å². The molecule has 4 heteroatoms. The fourth-order valence-corrected chi connectivity index (χ4v) is 2.42. The fourth-order valence-electron chi connectivity index (χ4n) is 2.42. The minimum atomic E-state index is 0.335. The minimum absolute atomic E-state index is 0.335. The molecule has 0 spiro atoms. The van der Waals surface area contributed by atoms with Gasteiger partial charge in [0.2, 0.25) is 0 Å². The lowest BCUT2D eigenvalue weighted by Crippen LogP contribution is -2.05. The van der Waals surface area contributed by atoms with Gasteiger partial charge in [-0.2, -0.15) is 5.26 Å². The monoisotopic (exact) mass is 284 g/mol. The first-order valence-electron chi connectivity index (χ1n) is 7.33. The van der Waals surface area contributed by atoms with Gasteiger partial charge in [0.15, 0.2) is 0 Å². The number of aromatic nitrogens is 2. The van der Waals surface area contributed by atoms with Crippen molar-refractivity contribution in [2.24, 2.45) is 0 Å². The van der Waals surface area contributed by atoms with E-state index < -0.39 is 0 Å². The molecule has 0 amide bonds. The second-order valence-electron chi connectivity index (χ2n) is 4.98. The number of nitrogens with zero attached hydrogens (tertiary/aromatic N) is 3. The lowest BCUT2D eigenvalue weighted by atomic mass is 10.00. The zero-order chi connectivity index (χ0) is 16.0. The molecule has 0 aliphatic rings. The molecule has 0 saturated heterocycles. The molecule has 0 atom stereocenters. The summed E-state index contributed by atoms with van der Waals surface area (Å²) in [5, 5.41) is 9.23. The maximum absolute atomic E-state index is 9.23. The number of hydrogen-bond acceptors (Lipinski definition) is 3. The van der Waals surface area contributed by atoms with Crippen molar-refractivity contribution >= 4 is 5.82 Å². The number of pyridine rings is 1. The van der Waals surface area contributed by atoms with Crippen LogP contribution in [-0.4, -0.2) is 9.55 Å². The molecule has 0 aliphatic heterocycles. The average Bonchev–Trinajstić information content (AvgIpc) is 2.80. The molecule has 2 aromatic rings. The minimum Gasteiger partial charge on any atom is -0.383 e. The van der Waals surface area contributed by atoms with Gasteiger partial charge in [-0.15, -0.1) is 0 Å².